The van der Waals surface area contributed by atoms with Crippen molar-refractivity contribution in [2.75, 3.05) is 13.7 Å². The van der Waals surface area contributed by atoms with Gasteiger partial charge in [-0.25, -0.2) is 4.98 Å². The molecule has 2 heterocycles. The zero-order chi connectivity index (χ0) is 19.7. The van der Waals surface area contributed by atoms with E-state index in [4.69, 9.17) is 21.3 Å². The van der Waals surface area contributed by atoms with Crippen LogP contribution in [0.4, 0.5) is 0 Å². The first-order valence-electron chi connectivity index (χ1n) is 9.01. The first-order valence-corrected chi connectivity index (χ1v) is 9.38. The summed E-state index contributed by atoms with van der Waals surface area (Å²) in [5, 5.41) is 10.4. The second-order valence-electron chi connectivity index (χ2n) is 6.76. The molecule has 2 aromatic carbocycles. The van der Waals surface area contributed by atoms with Crippen LogP contribution in [0.3, 0.4) is 0 Å². The van der Waals surface area contributed by atoms with E-state index in [0.29, 0.717) is 37.6 Å². The van der Waals surface area contributed by atoms with E-state index in [-0.39, 0.29) is 16.3 Å². The number of phenols is 1. The van der Waals surface area contributed by atoms with Gasteiger partial charge in [0.1, 0.15) is 5.82 Å². The fourth-order valence-corrected chi connectivity index (χ4v) is 3.69. The van der Waals surface area contributed by atoms with Gasteiger partial charge in [-0.1, -0.05) is 48.0 Å². The molecule has 0 amide bonds. The third kappa shape index (κ3) is 3.48. The van der Waals surface area contributed by atoms with Gasteiger partial charge in [0.05, 0.1) is 17.8 Å². The van der Waals surface area contributed by atoms with Crippen LogP contribution in [0.2, 0.25) is 5.02 Å². The van der Waals surface area contributed by atoms with Crippen LogP contribution >= 0.6 is 11.6 Å². The number of benzene rings is 2. The fraction of sp³-hybridized carbons (Fsp3) is 0.238. The van der Waals surface area contributed by atoms with Crippen LogP contribution in [-0.4, -0.2) is 33.6 Å². The molecular weight excluding hydrogens is 378 g/mol. The number of rotatable bonds is 4. The first kappa shape index (κ1) is 18.5. The quantitative estimate of drug-likeness (QED) is 0.705. The highest BCUT2D eigenvalue weighted by Crippen LogP contribution is 2.37. The largest absolute Gasteiger partial charge is 0.503 e. The molecule has 0 bridgehead atoms. The zero-order valence-corrected chi connectivity index (χ0v) is 16.2. The summed E-state index contributed by atoms with van der Waals surface area (Å²) in [4.78, 5) is 22.3. The van der Waals surface area contributed by atoms with Crippen molar-refractivity contribution in [3.63, 3.8) is 0 Å². The average Bonchev–Trinajstić information content (AvgIpc) is 2.72. The number of halogens is 1. The van der Waals surface area contributed by atoms with Crippen LogP contribution in [0.25, 0.3) is 11.4 Å². The molecule has 0 atom stereocenters. The standard InChI is InChI=1S/C21H20ClN3O3/c1-28-17-8-7-14(18(22)19(17)26)11-25-10-9-15-16(12-25)23-20(24-21(15)27)13-5-3-2-4-6-13/h2-8,26H,9-12H2,1H3,(H,23,24,27). The highest BCUT2D eigenvalue weighted by molar-refractivity contribution is 6.33. The van der Waals surface area contributed by atoms with Crippen molar-refractivity contribution >= 4 is 11.6 Å². The summed E-state index contributed by atoms with van der Waals surface area (Å²) in [6, 6.07) is 13.1. The van der Waals surface area contributed by atoms with Crippen LogP contribution in [0.5, 0.6) is 11.5 Å². The van der Waals surface area contributed by atoms with Crippen molar-refractivity contribution in [1.82, 2.24) is 14.9 Å². The summed E-state index contributed by atoms with van der Waals surface area (Å²) in [6.07, 6.45) is 0.618. The highest BCUT2D eigenvalue weighted by atomic mass is 35.5. The Hall–Kier alpha value is -2.83. The molecule has 28 heavy (non-hydrogen) atoms. The Labute approximate surface area is 167 Å². The second-order valence-corrected chi connectivity index (χ2v) is 7.13. The lowest BCUT2D eigenvalue weighted by atomic mass is 10.0. The van der Waals surface area contributed by atoms with Crippen molar-refractivity contribution in [3.05, 3.63) is 74.7 Å². The molecule has 0 spiro atoms. The molecule has 144 valence electrons. The van der Waals surface area contributed by atoms with Gasteiger partial charge in [0.15, 0.2) is 11.5 Å². The maximum atomic E-state index is 12.5. The van der Waals surface area contributed by atoms with Gasteiger partial charge in [-0.15, -0.1) is 0 Å². The Morgan fingerprint density at radius 3 is 2.79 bits per heavy atom. The maximum absolute atomic E-state index is 12.5. The van der Waals surface area contributed by atoms with Gasteiger partial charge in [0.2, 0.25) is 0 Å². The number of hydrogen-bond acceptors (Lipinski definition) is 5. The van der Waals surface area contributed by atoms with E-state index in [1.165, 1.54) is 7.11 Å². The molecule has 0 aliphatic carbocycles. The minimum atomic E-state index is -0.0800. The molecule has 4 rings (SSSR count). The third-order valence-electron chi connectivity index (χ3n) is 4.97. The van der Waals surface area contributed by atoms with Gasteiger partial charge in [0, 0.05) is 30.8 Å². The zero-order valence-electron chi connectivity index (χ0n) is 15.4. The maximum Gasteiger partial charge on any atom is 0.254 e. The van der Waals surface area contributed by atoms with Crippen molar-refractivity contribution in [2.45, 2.75) is 19.5 Å². The van der Waals surface area contributed by atoms with E-state index in [9.17, 15) is 9.90 Å². The molecule has 7 heteroatoms. The number of aromatic amines is 1. The summed E-state index contributed by atoms with van der Waals surface area (Å²) < 4.78 is 5.09. The number of aromatic hydroxyl groups is 1. The van der Waals surface area contributed by atoms with E-state index < -0.39 is 0 Å². The lowest BCUT2D eigenvalue weighted by molar-refractivity contribution is 0.240. The number of aromatic nitrogens is 2. The minimum Gasteiger partial charge on any atom is -0.503 e. The molecule has 0 saturated carbocycles. The van der Waals surface area contributed by atoms with Gasteiger partial charge in [0.25, 0.3) is 5.56 Å². The molecule has 3 aromatic rings. The van der Waals surface area contributed by atoms with Crippen LogP contribution in [0, 0.1) is 0 Å². The average molecular weight is 398 g/mol. The SMILES string of the molecule is COc1ccc(CN2CCc3c(nc(-c4ccccc4)[nH]c3=O)C2)c(Cl)c1O. The van der Waals surface area contributed by atoms with Crippen LogP contribution in [0.15, 0.2) is 47.3 Å². The van der Waals surface area contributed by atoms with Gasteiger partial charge in [-0.3, -0.25) is 9.69 Å². The van der Waals surface area contributed by atoms with Gasteiger partial charge < -0.3 is 14.8 Å². The molecule has 1 aliphatic heterocycles. The van der Waals surface area contributed by atoms with Gasteiger partial charge in [-0.2, -0.15) is 0 Å². The Morgan fingerprint density at radius 2 is 2.04 bits per heavy atom. The van der Waals surface area contributed by atoms with Crippen LogP contribution < -0.4 is 10.3 Å². The number of phenolic OH excluding ortho intramolecular Hbond substituents is 1. The molecule has 0 radical (unpaired) electrons. The molecule has 0 fully saturated rings. The number of fused-ring (bicyclic) bond motifs is 1. The van der Waals surface area contributed by atoms with E-state index in [0.717, 1.165) is 22.4 Å². The summed E-state index contributed by atoms with van der Waals surface area (Å²) in [7, 11) is 1.49. The number of hydrogen-bond donors (Lipinski definition) is 2. The summed E-state index contributed by atoms with van der Waals surface area (Å²) in [5.74, 6) is 0.866. The lowest BCUT2D eigenvalue weighted by Gasteiger charge is -2.28. The number of H-pyrrole nitrogens is 1. The number of methoxy groups -OCH3 is 1. The summed E-state index contributed by atoms with van der Waals surface area (Å²) in [5.41, 5.74) is 3.12. The van der Waals surface area contributed by atoms with Gasteiger partial charge in [-0.05, 0) is 18.1 Å². The van der Waals surface area contributed by atoms with Crippen molar-refractivity contribution in [2.24, 2.45) is 0 Å². The third-order valence-corrected chi connectivity index (χ3v) is 5.39. The normalized spacial score (nSPS) is 13.9. The minimum absolute atomic E-state index is 0.0555. The monoisotopic (exact) mass is 397 g/mol. The lowest BCUT2D eigenvalue weighted by Crippen LogP contribution is -2.35. The Kier molecular flexibility index (Phi) is 5.07. The smallest absolute Gasteiger partial charge is 0.254 e. The molecule has 6 nitrogen and oxygen atoms in total. The topological polar surface area (TPSA) is 78.5 Å². The Balaban J connectivity index is 1.60. The van der Waals surface area contributed by atoms with E-state index in [1.807, 2.05) is 36.4 Å². The summed E-state index contributed by atoms with van der Waals surface area (Å²) in [6.45, 7) is 1.80. The van der Waals surface area contributed by atoms with Crippen LogP contribution in [-0.2, 0) is 19.5 Å². The Bertz CT molecular complexity index is 1070. The number of nitrogens with zero attached hydrogens (tertiary/aromatic N) is 2. The molecule has 0 saturated heterocycles. The van der Waals surface area contributed by atoms with E-state index in [1.54, 1.807) is 6.07 Å². The fourth-order valence-electron chi connectivity index (χ4n) is 3.48. The molecule has 0 unspecified atom stereocenters. The Morgan fingerprint density at radius 1 is 1.25 bits per heavy atom. The highest BCUT2D eigenvalue weighted by Gasteiger charge is 2.23. The number of nitrogens with one attached hydrogen (secondary N) is 1. The molecular formula is C21H20ClN3O3. The summed E-state index contributed by atoms with van der Waals surface area (Å²) >= 11 is 6.30. The molecule has 2 N–H and O–H groups in total. The first-order chi connectivity index (χ1) is 13.6. The van der Waals surface area contributed by atoms with Crippen LogP contribution in [0.1, 0.15) is 16.8 Å². The van der Waals surface area contributed by atoms with Crippen molar-refractivity contribution in [3.8, 4) is 22.9 Å². The molecule has 1 aliphatic rings. The van der Waals surface area contributed by atoms with E-state index >= 15 is 0 Å². The van der Waals surface area contributed by atoms with Crippen molar-refractivity contribution in [1.29, 1.82) is 0 Å². The predicted octanol–water partition coefficient (Wildman–Crippen LogP) is 3.36. The van der Waals surface area contributed by atoms with Gasteiger partial charge >= 0.3 is 0 Å². The second kappa shape index (κ2) is 7.66. The predicted molar refractivity (Wildman–Crippen MR) is 108 cm³/mol. The van der Waals surface area contributed by atoms with Crippen molar-refractivity contribution < 1.29 is 9.84 Å². The van der Waals surface area contributed by atoms with E-state index in [2.05, 4.69) is 9.88 Å². The number of ether oxygens (including phenoxy) is 1. The molecule has 1 aromatic heterocycles.